The number of nitrogens with two attached hydrogens (primary N) is 2. The highest BCUT2D eigenvalue weighted by Gasteiger charge is 2.44. The number of carbonyl (C=O) groups is 1. The van der Waals surface area contributed by atoms with E-state index in [-0.39, 0.29) is 11.8 Å². The number of ether oxygens (including phenoxy) is 1. The van der Waals surface area contributed by atoms with Gasteiger partial charge in [0.25, 0.3) is 0 Å². The Morgan fingerprint density at radius 3 is 2.68 bits per heavy atom. The molecule has 2 fully saturated rings. The van der Waals surface area contributed by atoms with Gasteiger partial charge in [-0.1, -0.05) is 43.2 Å². The highest BCUT2D eigenvalue weighted by atomic mass is 16.6. The van der Waals surface area contributed by atoms with Crippen molar-refractivity contribution >= 4 is 29.0 Å². The predicted molar refractivity (Wildman–Crippen MR) is 165 cm³/mol. The number of aliphatic hydroxyl groups excluding tert-OH is 2. The Bertz CT molecular complexity index is 1380. The normalized spacial score (nSPS) is 22.6. The molecular formula is C29H43N11O4. The third kappa shape index (κ3) is 8.11. The van der Waals surface area contributed by atoms with E-state index in [2.05, 4.69) is 40.8 Å². The molecule has 1 saturated heterocycles. The quantitative estimate of drug-likeness (QED) is 0.0782. The summed E-state index contributed by atoms with van der Waals surface area (Å²) in [4.78, 5) is 31.4. The van der Waals surface area contributed by atoms with Crippen molar-refractivity contribution < 1.29 is 19.7 Å². The zero-order valence-electron chi connectivity index (χ0n) is 24.8. The lowest BCUT2D eigenvalue weighted by Crippen LogP contribution is -2.45. The fourth-order valence-electron chi connectivity index (χ4n) is 5.70. The van der Waals surface area contributed by atoms with Crippen molar-refractivity contribution in [3.8, 4) is 0 Å². The molecule has 5 rings (SSSR count). The van der Waals surface area contributed by atoms with Crippen LogP contribution in [0.1, 0.15) is 43.9 Å². The first kappa shape index (κ1) is 31.4. The van der Waals surface area contributed by atoms with Crippen LogP contribution in [0, 0.1) is 0 Å². The number of aliphatic hydroxyl groups is 2. The van der Waals surface area contributed by atoms with Gasteiger partial charge in [0.05, 0.1) is 6.33 Å². The Morgan fingerprint density at radius 1 is 1.09 bits per heavy atom. The average molecular weight is 610 g/mol. The first-order chi connectivity index (χ1) is 21.4. The number of imidazole rings is 1. The van der Waals surface area contributed by atoms with E-state index in [0.717, 1.165) is 18.4 Å². The summed E-state index contributed by atoms with van der Waals surface area (Å²) in [6.45, 7) is 2.72. The summed E-state index contributed by atoms with van der Waals surface area (Å²) >= 11 is 0. The van der Waals surface area contributed by atoms with E-state index in [0.29, 0.717) is 68.9 Å². The van der Waals surface area contributed by atoms with E-state index in [1.54, 1.807) is 4.57 Å². The van der Waals surface area contributed by atoms with Gasteiger partial charge in [-0.05, 0) is 24.8 Å². The Hall–Kier alpha value is -4.05. The minimum absolute atomic E-state index is 0.214. The van der Waals surface area contributed by atoms with Gasteiger partial charge in [0.1, 0.15) is 30.2 Å². The van der Waals surface area contributed by atoms with E-state index in [1.165, 1.54) is 25.5 Å². The number of aliphatic imine (C=N–C) groups is 1. The third-order valence-corrected chi connectivity index (χ3v) is 8.07. The van der Waals surface area contributed by atoms with Gasteiger partial charge in [0.15, 0.2) is 23.7 Å². The number of hydrogen-bond donors (Lipinski definition) is 7. The van der Waals surface area contributed by atoms with Crippen LogP contribution in [0.5, 0.6) is 0 Å². The number of benzene rings is 1. The number of aromatic nitrogens is 4. The second-order valence-electron chi connectivity index (χ2n) is 11.3. The van der Waals surface area contributed by atoms with Crippen LogP contribution in [0.3, 0.4) is 0 Å². The van der Waals surface area contributed by atoms with Gasteiger partial charge in [-0.15, -0.1) is 0 Å². The van der Waals surface area contributed by atoms with Crippen molar-refractivity contribution in [1.82, 2.24) is 40.4 Å². The molecule has 15 nitrogen and oxygen atoms in total. The zero-order chi connectivity index (χ0) is 30.9. The third-order valence-electron chi connectivity index (χ3n) is 8.07. The monoisotopic (exact) mass is 609 g/mol. The van der Waals surface area contributed by atoms with Gasteiger partial charge in [-0.25, -0.2) is 19.7 Å². The molecule has 0 unspecified atom stereocenters. The molecule has 1 aromatic carbocycles. The van der Waals surface area contributed by atoms with Crippen LogP contribution in [0.2, 0.25) is 0 Å². The molecule has 0 spiro atoms. The SMILES string of the molecule is NC(=NCCCN(CCNC(=O)NCc1ccccc1)C[C@H]1O[C@@H](n2cnc3c(N)ncnc32)[C@H](O)[C@@H]1O)NC1CCCC1. The van der Waals surface area contributed by atoms with Crippen LogP contribution in [0.25, 0.3) is 11.2 Å². The number of amides is 2. The number of nitrogens with zero attached hydrogens (tertiary/aromatic N) is 6. The number of nitrogens with one attached hydrogen (secondary N) is 3. The number of guanidine groups is 1. The van der Waals surface area contributed by atoms with Crippen molar-refractivity contribution in [2.75, 3.05) is 38.5 Å². The number of nitrogen functional groups attached to an aromatic ring is 1. The van der Waals surface area contributed by atoms with Crippen molar-refractivity contribution in [3.05, 3.63) is 48.5 Å². The van der Waals surface area contributed by atoms with Crippen molar-refractivity contribution in [3.63, 3.8) is 0 Å². The van der Waals surface area contributed by atoms with E-state index >= 15 is 0 Å². The van der Waals surface area contributed by atoms with Crippen LogP contribution in [-0.4, -0.2) is 104 Å². The van der Waals surface area contributed by atoms with Crippen LogP contribution >= 0.6 is 0 Å². The average Bonchev–Trinajstić information content (AvgIpc) is 3.76. The first-order valence-electron chi connectivity index (χ1n) is 15.2. The molecule has 2 aliphatic rings. The molecule has 0 bridgehead atoms. The van der Waals surface area contributed by atoms with E-state index in [4.69, 9.17) is 16.2 Å². The van der Waals surface area contributed by atoms with Gasteiger partial charge >= 0.3 is 6.03 Å². The summed E-state index contributed by atoms with van der Waals surface area (Å²) in [6, 6.07) is 9.80. The molecule has 15 heteroatoms. The standard InChI is InChI=1S/C29H43N11O4/c30-25-22-26(36-17-35-25)40(18-37-22)27-24(42)23(41)21(44-27)16-39(13-6-11-32-28(31)38-20-9-4-5-10-20)14-12-33-29(43)34-15-19-7-2-1-3-8-19/h1-3,7-8,17-18,20-21,23-24,27,41-42H,4-6,9-16H2,(H2,30,35,36)(H3,31,32,38)(H2,33,34,43)/t21-,23-,24-,27-/m1/s1. The molecule has 1 aliphatic heterocycles. The summed E-state index contributed by atoms with van der Waals surface area (Å²) in [5.41, 5.74) is 13.8. The minimum Gasteiger partial charge on any atom is -0.387 e. The summed E-state index contributed by atoms with van der Waals surface area (Å²) in [5.74, 6) is 0.671. The molecule has 238 valence electrons. The smallest absolute Gasteiger partial charge is 0.315 e. The maximum atomic E-state index is 12.4. The van der Waals surface area contributed by atoms with Gasteiger partial charge in [0.2, 0.25) is 0 Å². The molecule has 4 atom stereocenters. The predicted octanol–water partition coefficient (Wildman–Crippen LogP) is 0.0661. The lowest BCUT2D eigenvalue weighted by molar-refractivity contribution is -0.0440. The topological polar surface area (TPSA) is 214 Å². The molecule has 9 N–H and O–H groups in total. The molecular weight excluding hydrogens is 566 g/mol. The van der Waals surface area contributed by atoms with Crippen LogP contribution < -0.4 is 27.4 Å². The Morgan fingerprint density at radius 2 is 1.89 bits per heavy atom. The second kappa shape index (κ2) is 15.1. The van der Waals surface area contributed by atoms with Gasteiger partial charge in [-0.2, -0.15) is 0 Å². The van der Waals surface area contributed by atoms with Gasteiger partial charge in [0, 0.05) is 45.3 Å². The summed E-state index contributed by atoms with van der Waals surface area (Å²) in [6.07, 6.45) is 4.12. The number of carbonyl (C=O) groups excluding carboxylic acids is 1. The number of rotatable bonds is 13. The van der Waals surface area contributed by atoms with Crippen molar-refractivity contribution in [2.45, 2.75) is 69.2 Å². The molecule has 2 amide bonds. The number of urea groups is 1. The summed E-state index contributed by atoms with van der Waals surface area (Å²) < 4.78 is 7.72. The lowest BCUT2D eigenvalue weighted by atomic mass is 10.1. The molecule has 3 heterocycles. The highest BCUT2D eigenvalue weighted by molar-refractivity contribution is 5.81. The molecule has 2 aromatic heterocycles. The maximum Gasteiger partial charge on any atom is 0.315 e. The van der Waals surface area contributed by atoms with Crippen LogP contribution in [0.4, 0.5) is 10.6 Å². The van der Waals surface area contributed by atoms with Gasteiger partial charge < -0.3 is 42.4 Å². The fraction of sp³-hybridized carbons (Fsp3) is 0.552. The first-order valence-corrected chi connectivity index (χ1v) is 15.2. The van der Waals surface area contributed by atoms with Gasteiger partial charge in [-0.3, -0.25) is 14.5 Å². The largest absolute Gasteiger partial charge is 0.387 e. The molecule has 44 heavy (non-hydrogen) atoms. The second-order valence-corrected chi connectivity index (χ2v) is 11.3. The Labute approximate surface area is 256 Å². The maximum absolute atomic E-state index is 12.4. The molecule has 3 aromatic rings. The lowest BCUT2D eigenvalue weighted by Gasteiger charge is -2.26. The summed E-state index contributed by atoms with van der Waals surface area (Å²) in [5, 5.41) is 30.9. The summed E-state index contributed by atoms with van der Waals surface area (Å²) in [7, 11) is 0. The number of anilines is 1. The Kier molecular flexibility index (Phi) is 10.8. The minimum atomic E-state index is -1.22. The van der Waals surface area contributed by atoms with E-state index in [1.807, 2.05) is 30.3 Å². The van der Waals surface area contributed by atoms with E-state index < -0.39 is 24.5 Å². The van der Waals surface area contributed by atoms with Crippen LogP contribution in [-0.2, 0) is 11.3 Å². The Balaban J connectivity index is 1.17. The van der Waals surface area contributed by atoms with Crippen LogP contribution in [0.15, 0.2) is 48.0 Å². The molecule has 1 saturated carbocycles. The fourth-order valence-corrected chi connectivity index (χ4v) is 5.70. The molecule has 0 radical (unpaired) electrons. The molecule has 1 aliphatic carbocycles. The van der Waals surface area contributed by atoms with Crippen molar-refractivity contribution in [2.24, 2.45) is 10.7 Å². The van der Waals surface area contributed by atoms with Crippen molar-refractivity contribution in [1.29, 1.82) is 0 Å². The number of hydrogen-bond acceptors (Lipinski definition) is 10. The zero-order valence-corrected chi connectivity index (χ0v) is 24.8. The highest BCUT2D eigenvalue weighted by Crippen LogP contribution is 2.32. The number of fused-ring (bicyclic) bond motifs is 1. The van der Waals surface area contributed by atoms with E-state index in [9.17, 15) is 15.0 Å².